The number of rotatable bonds is 4. The summed E-state index contributed by atoms with van der Waals surface area (Å²) in [5.74, 6) is -0.411. The lowest BCUT2D eigenvalue weighted by Crippen LogP contribution is -2.13. The van der Waals surface area contributed by atoms with Crippen molar-refractivity contribution in [2.24, 2.45) is 0 Å². The van der Waals surface area contributed by atoms with Gasteiger partial charge >= 0.3 is 0 Å². The Bertz CT molecular complexity index is 760. The first kappa shape index (κ1) is 17.3. The van der Waals surface area contributed by atoms with Gasteiger partial charge in [-0.15, -0.1) is 0 Å². The van der Waals surface area contributed by atoms with Crippen LogP contribution < -0.4 is 10.6 Å². The first-order valence-corrected chi connectivity index (χ1v) is 7.83. The molecule has 0 fully saturated rings. The van der Waals surface area contributed by atoms with Gasteiger partial charge in [0.25, 0.3) is 5.91 Å². The molecule has 0 saturated heterocycles. The first-order chi connectivity index (χ1) is 10.9. The van der Waals surface area contributed by atoms with Gasteiger partial charge in [-0.05, 0) is 42.8 Å². The molecule has 23 heavy (non-hydrogen) atoms. The highest BCUT2D eigenvalue weighted by atomic mass is 35.5. The summed E-state index contributed by atoms with van der Waals surface area (Å²) >= 11 is 12.1. The number of halogens is 2. The van der Waals surface area contributed by atoms with Gasteiger partial charge in [-0.1, -0.05) is 36.2 Å². The second-order valence-electron chi connectivity index (χ2n) is 5.01. The summed E-state index contributed by atoms with van der Waals surface area (Å²) < 4.78 is 0. The van der Waals surface area contributed by atoms with Crippen LogP contribution in [-0.4, -0.2) is 11.8 Å². The largest absolute Gasteiger partial charge is 0.325 e. The smallest absolute Gasteiger partial charge is 0.255 e. The number of hydrogen-bond donors (Lipinski definition) is 2. The first-order valence-electron chi connectivity index (χ1n) is 7.07. The lowest BCUT2D eigenvalue weighted by molar-refractivity contribution is -0.115. The van der Waals surface area contributed by atoms with Crippen molar-refractivity contribution >= 4 is 46.4 Å². The Balaban J connectivity index is 2.13. The number of carbonyl (C=O) groups excluding carboxylic acids is 2. The summed E-state index contributed by atoms with van der Waals surface area (Å²) in [6.45, 7) is 3.62. The molecule has 0 spiro atoms. The summed E-state index contributed by atoms with van der Waals surface area (Å²) in [6.07, 6.45) is 0.364. The Kier molecular flexibility index (Phi) is 5.64. The third kappa shape index (κ3) is 4.47. The van der Waals surface area contributed by atoms with Gasteiger partial charge in [0.1, 0.15) is 0 Å². The molecule has 6 heteroatoms. The molecule has 0 aliphatic heterocycles. The molecule has 2 amide bonds. The lowest BCUT2D eigenvalue weighted by Gasteiger charge is -2.10. The van der Waals surface area contributed by atoms with E-state index in [4.69, 9.17) is 23.2 Å². The minimum atomic E-state index is -0.284. The van der Waals surface area contributed by atoms with Crippen molar-refractivity contribution in [1.29, 1.82) is 0 Å². The minimum Gasteiger partial charge on any atom is -0.325 e. The SMILES string of the molecule is CCC(=O)Nc1ccc(NC(=O)c2ccc(C)c(Cl)c2)cc1Cl. The molecule has 2 rings (SSSR count). The Hall–Kier alpha value is -2.04. The molecule has 0 aliphatic carbocycles. The Morgan fingerprint density at radius 3 is 2.35 bits per heavy atom. The summed E-state index contributed by atoms with van der Waals surface area (Å²) in [4.78, 5) is 23.6. The van der Waals surface area contributed by atoms with Crippen LogP contribution in [0.25, 0.3) is 0 Å². The summed E-state index contributed by atoms with van der Waals surface area (Å²) in [5, 5.41) is 6.32. The Labute approximate surface area is 144 Å². The van der Waals surface area contributed by atoms with Gasteiger partial charge in [0.15, 0.2) is 0 Å². The number of hydrogen-bond acceptors (Lipinski definition) is 2. The predicted octanol–water partition coefficient (Wildman–Crippen LogP) is 4.90. The molecule has 2 N–H and O–H groups in total. The Morgan fingerprint density at radius 2 is 1.74 bits per heavy atom. The fraction of sp³-hybridized carbons (Fsp3) is 0.176. The monoisotopic (exact) mass is 350 g/mol. The summed E-state index contributed by atoms with van der Waals surface area (Å²) in [5.41, 5.74) is 2.41. The van der Waals surface area contributed by atoms with Gasteiger partial charge in [-0.25, -0.2) is 0 Å². The van der Waals surface area contributed by atoms with Crippen LogP contribution in [0.3, 0.4) is 0 Å². The zero-order valence-corrected chi connectivity index (χ0v) is 14.3. The van der Waals surface area contributed by atoms with Crippen LogP contribution in [0.1, 0.15) is 29.3 Å². The molecule has 0 bridgehead atoms. The van der Waals surface area contributed by atoms with Crippen molar-refractivity contribution in [2.75, 3.05) is 10.6 Å². The quantitative estimate of drug-likeness (QED) is 0.823. The van der Waals surface area contributed by atoms with E-state index in [1.54, 1.807) is 43.3 Å². The maximum atomic E-state index is 12.2. The van der Waals surface area contributed by atoms with Gasteiger partial charge in [-0.2, -0.15) is 0 Å². The fourth-order valence-electron chi connectivity index (χ4n) is 1.87. The van der Waals surface area contributed by atoms with Crippen LogP contribution in [0.5, 0.6) is 0 Å². The standard InChI is InChI=1S/C17H16Cl2N2O2/c1-3-16(22)21-15-7-6-12(9-14(15)19)20-17(23)11-5-4-10(2)13(18)8-11/h4-9H,3H2,1-2H3,(H,20,23)(H,21,22). The fourth-order valence-corrected chi connectivity index (χ4v) is 2.28. The van der Waals surface area contributed by atoms with Crippen LogP contribution in [0.4, 0.5) is 11.4 Å². The molecular formula is C17H16Cl2N2O2. The molecule has 0 heterocycles. The zero-order chi connectivity index (χ0) is 17.0. The number of amides is 2. The van der Waals surface area contributed by atoms with Gasteiger partial charge in [0, 0.05) is 22.7 Å². The highest BCUT2D eigenvalue weighted by molar-refractivity contribution is 6.34. The van der Waals surface area contributed by atoms with Crippen LogP contribution in [0.15, 0.2) is 36.4 Å². The summed E-state index contributed by atoms with van der Waals surface area (Å²) in [7, 11) is 0. The molecule has 4 nitrogen and oxygen atoms in total. The number of aryl methyl sites for hydroxylation is 1. The average Bonchev–Trinajstić information content (AvgIpc) is 2.52. The van der Waals surface area contributed by atoms with E-state index in [-0.39, 0.29) is 11.8 Å². The maximum absolute atomic E-state index is 12.2. The molecule has 120 valence electrons. The molecule has 0 aromatic heterocycles. The third-order valence-corrected chi connectivity index (χ3v) is 3.98. The van der Waals surface area contributed by atoms with Crippen LogP contribution in [-0.2, 0) is 4.79 Å². The Morgan fingerprint density at radius 1 is 1.00 bits per heavy atom. The molecule has 0 atom stereocenters. The third-order valence-electron chi connectivity index (χ3n) is 3.26. The molecular weight excluding hydrogens is 335 g/mol. The van der Waals surface area contributed by atoms with E-state index in [1.165, 1.54) is 0 Å². The van der Waals surface area contributed by atoms with Crippen molar-refractivity contribution in [3.8, 4) is 0 Å². The van der Waals surface area contributed by atoms with Crippen LogP contribution in [0, 0.1) is 6.92 Å². The second kappa shape index (κ2) is 7.49. The number of nitrogens with one attached hydrogen (secondary N) is 2. The average molecular weight is 351 g/mol. The number of carbonyl (C=O) groups is 2. The van der Waals surface area contributed by atoms with Crippen molar-refractivity contribution in [3.63, 3.8) is 0 Å². The van der Waals surface area contributed by atoms with Gasteiger partial charge in [0.05, 0.1) is 10.7 Å². The molecule has 0 radical (unpaired) electrons. The van der Waals surface area contributed by atoms with Crippen molar-refractivity contribution < 1.29 is 9.59 Å². The topological polar surface area (TPSA) is 58.2 Å². The molecule has 2 aromatic carbocycles. The number of benzene rings is 2. The lowest BCUT2D eigenvalue weighted by atomic mass is 10.1. The van der Waals surface area contributed by atoms with Gasteiger partial charge in [0.2, 0.25) is 5.91 Å². The van der Waals surface area contributed by atoms with E-state index >= 15 is 0 Å². The van der Waals surface area contributed by atoms with E-state index < -0.39 is 0 Å². The molecule has 0 unspecified atom stereocenters. The van der Waals surface area contributed by atoms with E-state index in [0.29, 0.717) is 33.4 Å². The molecule has 2 aromatic rings. The number of anilines is 2. The molecule has 0 saturated carbocycles. The van der Waals surface area contributed by atoms with Crippen LogP contribution >= 0.6 is 23.2 Å². The van der Waals surface area contributed by atoms with Crippen LogP contribution in [0.2, 0.25) is 10.0 Å². The maximum Gasteiger partial charge on any atom is 0.255 e. The van der Waals surface area contributed by atoms with E-state index in [9.17, 15) is 9.59 Å². The second-order valence-corrected chi connectivity index (χ2v) is 5.83. The summed E-state index contributed by atoms with van der Waals surface area (Å²) in [6, 6.07) is 10.0. The highest BCUT2D eigenvalue weighted by Gasteiger charge is 2.10. The van der Waals surface area contributed by atoms with Crippen molar-refractivity contribution in [1.82, 2.24) is 0 Å². The normalized spacial score (nSPS) is 10.3. The van der Waals surface area contributed by atoms with E-state index in [2.05, 4.69) is 10.6 Å². The zero-order valence-electron chi connectivity index (χ0n) is 12.7. The molecule has 0 aliphatic rings. The van der Waals surface area contributed by atoms with Crippen molar-refractivity contribution in [3.05, 3.63) is 57.6 Å². The van der Waals surface area contributed by atoms with E-state index in [0.717, 1.165) is 5.56 Å². The van der Waals surface area contributed by atoms with Crippen molar-refractivity contribution in [2.45, 2.75) is 20.3 Å². The van der Waals surface area contributed by atoms with E-state index in [1.807, 2.05) is 6.92 Å². The van der Waals surface area contributed by atoms with Gasteiger partial charge < -0.3 is 10.6 Å². The minimum absolute atomic E-state index is 0.127. The predicted molar refractivity (Wildman–Crippen MR) is 94.5 cm³/mol. The van der Waals surface area contributed by atoms with Gasteiger partial charge in [-0.3, -0.25) is 9.59 Å². The highest BCUT2D eigenvalue weighted by Crippen LogP contribution is 2.26.